The minimum absolute atomic E-state index is 0. The minimum Gasteiger partial charge on any atom is -0.341 e. The summed E-state index contributed by atoms with van der Waals surface area (Å²) in [4.78, 5) is 33.8. The number of aryl methyl sites for hydroxylation is 1. The Hall–Kier alpha value is -1.96. The summed E-state index contributed by atoms with van der Waals surface area (Å²) >= 11 is 0. The third-order valence-corrected chi connectivity index (χ3v) is 5.48. The second-order valence-corrected chi connectivity index (χ2v) is 7.08. The topological polar surface area (TPSA) is 70.5 Å². The fraction of sp³-hybridized carbons (Fsp3) is 0.526. The number of halogens is 1. The zero-order valence-electron chi connectivity index (χ0n) is 15.3. The molecule has 1 atom stereocenters. The fourth-order valence-corrected chi connectivity index (χ4v) is 3.95. The lowest BCUT2D eigenvalue weighted by Gasteiger charge is -2.32. The summed E-state index contributed by atoms with van der Waals surface area (Å²) in [6, 6.07) is 7.78. The van der Waals surface area contributed by atoms with E-state index in [2.05, 4.69) is 15.2 Å². The van der Waals surface area contributed by atoms with Crippen molar-refractivity contribution in [1.29, 1.82) is 0 Å². The predicted octanol–water partition coefficient (Wildman–Crippen LogP) is 0.714. The lowest BCUT2D eigenvalue weighted by molar-refractivity contribution is -0.130. The quantitative estimate of drug-likeness (QED) is 0.831. The van der Waals surface area contributed by atoms with Crippen molar-refractivity contribution in [2.75, 3.05) is 39.3 Å². The number of para-hydroxylation sites is 1. The number of carbonyl (C=O) groups is 1. The van der Waals surface area contributed by atoms with Crippen LogP contribution in [0, 0.1) is 0 Å². The van der Waals surface area contributed by atoms with Crippen LogP contribution in [0.5, 0.6) is 0 Å². The number of benzene rings is 1. The third-order valence-electron chi connectivity index (χ3n) is 5.48. The van der Waals surface area contributed by atoms with Crippen LogP contribution in [0.25, 0.3) is 10.9 Å². The van der Waals surface area contributed by atoms with Crippen molar-refractivity contribution in [2.24, 2.45) is 0 Å². The first-order valence-electron chi connectivity index (χ1n) is 9.39. The largest absolute Gasteiger partial charge is 0.341 e. The van der Waals surface area contributed by atoms with Crippen molar-refractivity contribution >= 4 is 29.2 Å². The molecule has 2 fully saturated rings. The molecule has 2 saturated heterocycles. The summed E-state index contributed by atoms with van der Waals surface area (Å²) in [6.45, 7) is 6.19. The van der Waals surface area contributed by atoms with E-state index in [0.29, 0.717) is 29.9 Å². The van der Waals surface area contributed by atoms with Gasteiger partial charge in [-0.1, -0.05) is 12.1 Å². The average Bonchev–Trinajstić information content (AvgIpc) is 3.18. The number of nitrogens with zero attached hydrogens (tertiary/aromatic N) is 4. The molecule has 0 aliphatic carbocycles. The molecule has 2 aliphatic rings. The lowest BCUT2D eigenvalue weighted by Crippen LogP contribution is -2.49. The highest BCUT2D eigenvalue weighted by Crippen LogP contribution is 2.17. The van der Waals surface area contributed by atoms with Gasteiger partial charge in [0.2, 0.25) is 5.91 Å². The second-order valence-electron chi connectivity index (χ2n) is 7.08. The number of nitrogens with one attached hydrogen (secondary N) is 1. The average molecular weight is 392 g/mol. The van der Waals surface area contributed by atoms with Crippen molar-refractivity contribution in [3.63, 3.8) is 0 Å². The van der Waals surface area contributed by atoms with Gasteiger partial charge in [0.15, 0.2) is 0 Å². The summed E-state index contributed by atoms with van der Waals surface area (Å²) in [6.07, 6.45) is 2.93. The molecule has 27 heavy (non-hydrogen) atoms. The van der Waals surface area contributed by atoms with E-state index in [1.807, 2.05) is 23.1 Å². The van der Waals surface area contributed by atoms with Gasteiger partial charge in [-0.15, -0.1) is 12.4 Å². The van der Waals surface area contributed by atoms with Crippen LogP contribution in [0.3, 0.4) is 0 Å². The van der Waals surface area contributed by atoms with Gasteiger partial charge in [-0.3, -0.25) is 19.1 Å². The van der Waals surface area contributed by atoms with Gasteiger partial charge in [-0.05, 0) is 18.6 Å². The molecule has 0 spiro atoms. The SMILES string of the molecule is Cl.O=C(CCn1cnc2ccccc2c1=O)N1CCC(N2CCNCC2)C1. The molecule has 0 saturated carbocycles. The Balaban J connectivity index is 0.00000210. The molecule has 8 heteroatoms. The number of hydrogen-bond donors (Lipinski definition) is 1. The van der Waals surface area contributed by atoms with E-state index in [-0.39, 0.29) is 23.9 Å². The van der Waals surface area contributed by atoms with Crippen molar-refractivity contribution in [2.45, 2.75) is 25.4 Å². The first-order chi connectivity index (χ1) is 12.7. The van der Waals surface area contributed by atoms with Crippen molar-refractivity contribution in [1.82, 2.24) is 24.7 Å². The van der Waals surface area contributed by atoms with Gasteiger partial charge in [-0.25, -0.2) is 4.98 Å². The maximum absolute atomic E-state index is 12.6. The second kappa shape index (κ2) is 8.82. The number of likely N-dealkylation sites (tertiary alicyclic amines) is 1. The monoisotopic (exact) mass is 391 g/mol. The van der Waals surface area contributed by atoms with Crippen molar-refractivity contribution in [3.05, 3.63) is 40.9 Å². The summed E-state index contributed by atoms with van der Waals surface area (Å²) in [5, 5.41) is 3.97. The minimum atomic E-state index is -0.0801. The van der Waals surface area contributed by atoms with E-state index in [1.54, 1.807) is 17.0 Å². The van der Waals surface area contributed by atoms with Gasteiger partial charge in [0, 0.05) is 58.3 Å². The summed E-state index contributed by atoms with van der Waals surface area (Å²) < 4.78 is 1.55. The summed E-state index contributed by atoms with van der Waals surface area (Å²) in [7, 11) is 0. The molecule has 4 rings (SSSR count). The molecule has 2 aromatic rings. The van der Waals surface area contributed by atoms with Gasteiger partial charge in [0.1, 0.15) is 0 Å². The highest BCUT2D eigenvalue weighted by molar-refractivity contribution is 5.85. The fourth-order valence-electron chi connectivity index (χ4n) is 3.95. The molecule has 1 amide bonds. The van der Waals surface area contributed by atoms with Gasteiger partial charge in [0.05, 0.1) is 17.2 Å². The van der Waals surface area contributed by atoms with Crippen LogP contribution in [-0.4, -0.2) is 70.6 Å². The predicted molar refractivity (Wildman–Crippen MR) is 107 cm³/mol. The zero-order chi connectivity index (χ0) is 17.9. The summed E-state index contributed by atoms with van der Waals surface area (Å²) in [5.41, 5.74) is 0.613. The Labute approximate surface area is 164 Å². The number of rotatable bonds is 4. The molecule has 2 aliphatic heterocycles. The zero-order valence-corrected chi connectivity index (χ0v) is 16.2. The van der Waals surface area contributed by atoms with Crippen LogP contribution in [0.1, 0.15) is 12.8 Å². The van der Waals surface area contributed by atoms with E-state index in [1.165, 1.54) is 0 Å². The number of amides is 1. The van der Waals surface area contributed by atoms with Gasteiger partial charge in [0.25, 0.3) is 5.56 Å². The molecule has 1 N–H and O–H groups in total. The van der Waals surface area contributed by atoms with Crippen molar-refractivity contribution in [3.8, 4) is 0 Å². The molecular formula is C19H26ClN5O2. The van der Waals surface area contributed by atoms with E-state index in [9.17, 15) is 9.59 Å². The molecule has 146 valence electrons. The molecule has 0 bridgehead atoms. The first-order valence-corrected chi connectivity index (χ1v) is 9.39. The Kier molecular flexibility index (Phi) is 6.46. The number of aromatic nitrogens is 2. The maximum atomic E-state index is 12.6. The molecule has 1 aromatic carbocycles. The van der Waals surface area contributed by atoms with Crippen LogP contribution >= 0.6 is 12.4 Å². The highest BCUT2D eigenvalue weighted by Gasteiger charge is 2.30. The van der Waals surface area contributed by atoms with Crippen LogP contribution in [0.15, 0.2) is 35.4 Å². The number of carbonyl (C=O) groups excluding carboxylic acids is 1. The maximum Gasteiger partial charge on any atom is 0.261 e. The van der Waals surface area contributed by atoms with Crippen LogP contribution in [0.4, 0.5) is 0 Å². The molecule has 1 aromatic heterocycles. The van der Waals surface area contributed by atoms with Gasteiger partial charge >= 0.3 is 0 Å². The Morgan fingerprint density at radius 1 is 1.19 bits per heavy atom. The summed E-state index contributed by atoms with van der Waals surface area (Å²) in [5.74, 6) is 0.127. The number of fused-ring (bicyclic) bond motifs is 1. The number of hydrogen-bond acceptors (Lipinski definition) is 5. The van der Waals surface area contributed by atoms with Crippen LogP contribution in [0.2, 0.25) is 0 Å². The lowest BCUT2D eigenvalue weighted by atomic mass is 10.2. The Bertz CT molecular complexity index is 849. The molecular weight excluding hydrogens is 366 g/mol. The normalized spacial score (nSPS) is 20.6. The van der Waals surface area contributed by atoms with Gasteiger partial charge < -0.3 is 10.2 Å². The first kappa shape index (κ1) is 19.8. The Morgan fingerprint density at radius 3 is 2.78 bits per heavy atom. The molecule has 0 radical (unpaired) electrons. The van der Waals surface area contributed by atoms with E-state index in [4.69, 9.17) is 0 Å². The van der Waals surface area contributed by atoms with E-state index >= 15 is 0 Å². The molecule has 7 nitrogen and oxygen atoms in total. The third kappa shape index (κ3) is 4.31. The standard InChI is InChI=1S/C19H25N5O2.ClH/c25-18(23-9-5-15(13-23)22-11-7-20-8-12-22)6-10-24-14-21-17-4-2-1-3-16(17)19(24)26;/h1-4,14-15,20H,5-13H2;1H. The van der Waals surface area contributed by atoms with E-state index in [0.717, 1.165) is 45.7 Å². The molecule has 1 unspecified atom stereocenters. The van der Waals surface area contributed by atoms with Gasteiger partial charge in [-0.2, -0.15) is 0 Å². The Morgan fingerprint density at radius 2 is 1.96 bits per heavy atom. The number of piperazine rings is 1. The van der Waals surface area contributed by atoms with Crippen LogP contribution < -0.4 is 10.9 Å². The highest BCUT2D eigenvalue weighted by atomic mass is 35.5. The van der Waals surface area contributed by atoms with Crippen LogP contribution in [-0.2, 0) is 11.3 Å². The van der Waals surface area contributed by atoms with E-state index < -0.39 is 0 Å². The smallest absolute Gasteiger partial charge is 0.261 e. The van der Waals surface area contributed by atoms with Crippen molar-refractivity contribution < 1.29 is 4.79 Å². The molecule has 3 heterocycles.